The van der Waals surface area contributed by atoms with Gasteiger partial charge in [0, 0.05) is 42.8 Å². The number of carbonyl (C=O) groups is 1. The van der Waals surface area contributed by atoms with Crippen LogP contribution in [0.15, 0.2) is 24.3 Å². The van der Waals surface area contributed by atoms with Crippen molar-refractivity contribution in [3.05, 3.63) is 29.3 Å². The molecule has 1 heterocycles. The van der Waals surface area contributed by atoms with E-state index in [-0.39, 0.29) is 5.92 Å². The average molecular weight is 295 g/mol. The number of halogens is 1. The number of benzene rings is 1. The third-order valence-electron chi connectivity index (χ3n) is 4.11. The maximum Gasteiger partial charge on any atom is 0.225 e. The zero-order chi connectivity index (χ0) is 14.5. The molecule has 1 saturated heterocycles. The molecule has 0 bridgehead atoms. The van der Waals surface area contributed by atoms with E-state index < -0.39 is 0 Å². The zero-order valence-corrected chi connectivity index (χ0v) is 13.1. The quantitative estimate of drug-likeness (QED) is 0.849. The van der Waals surface area contributed by atoms with Crippen LogP contribution in [0.4, 0.5) is 5.69 Å². The first kappa shape index (κ1) is 15.2. The Labute approximate surface area is 126 Å². The van der Waals surface area contributed by atoms with E-state index in [2.05, 4.69) is 17.0 Å². The maximum absolute atomic E-state index is 12.3. The first-order chi connectivity index (χ1) is 9.65. The van der Waals surface area contributed by atoms with Crippen molar-refractivity contribution in [2.24, 2.45) is 5.92 Å². The van der Waals surface area contributed by atoms with Gasteiger partial charge in [-0.3, -0.25) is 4.79 Å². The molecule has 110 valence electrons. The summed E-state index contributed by atoms with van der Waals surface area (Å²) in [5.74, 6) is 0.518. The van der Waals surface area contributed by atoms with Gasteiger partial charge in [-0.25, -0.2) is 0 Å². The lowest BCUT2D eigenvalue weighted by Gasteiger charge is -2.35. The number of rotatable bonds is 4. The van der Waals surface area contributed by atoms with E-state index in [9.17, 15) is 4.79 Å². The first-order valence-corrected chi connectivity index (χ1v) is 7.82. The Morgan fingerprint density at radius 2 is 1.75 bits per heavy atom. The van der Waals surface area contributed by atoms with Gasteiger partial charge in [0.15, 0.2) is 0 Å². The van der Waals surface area contributed by atoms with Crippen molar-refractivity contribution in [3.63, 3.8) is 0 Å². The summed E-state index contributed by atoms with van der Waals surface area (Å²) in [6.45, 7) is 7.60. The summed E-state index contributed by atoms with van der Waals surface area (Å²) in [4.78, 5) is 16.6. The lowest BCUT2D eigenvalue weighted by atomic mass is 9.95. The number of hydrogen-bond donors (Lipinski definition) is 0. The van der Waals surface area contributed by atoms with Crippen LogP contribution in [0.2, 0.25) is 5.02 Å². The molecular formula is C16H23ClN2O. The molecule has 1 amide bonds. The number of carbonyl (C=O) groups excluding carboxylic acids is 1. The molecule has 0 aliphatic carbocycles. The predicted octanol–water partition coefficient (Wildman–Crippen LogP) is 3.42. The van der Waals surface area contributed by atoms with Crippen LogP contribution >= 0.6 is 11.6 Å². The fraction of sp³-hybridized carbons (Fsp3) is 0.562. The van der Waals surface area contributed by atoms with Gasteiger partial charge in [0.25, 0.3) is 0 Å². The third kappa shape index (κ3) is 3.45. The summed E-state index contributed by atoms with van der Waals surface area (Å²) in [5, 5.41) is 0.764. The molecule has 3 nitrogen and oxygen atoms in total. The van der Waals surface area contributed by atoms with Crippen molar-refractivity contribution in [2.75, 3.05) is 31.1 Å². The SMILES string of the molecule is CCN(CC)C(=O)C1CCN(c2ccc(Cl)cc2)CC1. The largest absolute Gasteiger partial charge is 0.371 e. The normalized spacial score (nSPS) is 16.2. The molecular weight excluding hydrogens is 272 g/mol. The molecule has 20 heavy (non-hydrogen) atoms. The Bertz CT molecular complexity index is 434. The molecule has 1 aliphatic heterocycles. The Morgan fingerprint density at radius 3 is 2.25 bits per heavy atom. The second-order valence-corrected chi connectivity index (χ2v) is 5.68. The Kier molecular flexibility index (Phi) is 5.30. The molecule has 0 radical (unpaired) electrons. The minimum atomic E-state index is 0.193. The van der Waals surface area contributed by atoms with Gasteiger partial charge < -0.3 is 9.80 Å². The van der Waals surface area contributed by atoms with Gasteiger partial charge >= 0.3 is 0 Å². The zero-order valence-electron chi connectivity index (χ0n) is 12.3. The van der Waals surface area contributed by atoms with Crippen LogP contribution in [0.5, 0.6) is 0 Å². The van der Waals surface area contributed by atoms with Gasteiger partial charge in [0.1, 0.15) is 0 Å². The molecule has 2 rings (SSSR count). The fourth-order valence-corrected chi connectivity index (χ4v) is 2.96. The second-order valence-electron chi connectivity index (χ2n) is 5.25. The summed E-state index contributed by atoms with van der Waals surface area (Å²) in [7, 11) is 0. The Hall–Kier alpha value is -1.22. The number of piperidine rings is 1. The smallest absolute Gasteiger partial charge is 0.225 e. The van der Waals surface area contributed by atoms with E-state index in [0.29, 0.717) is 5.91 Å². The molecule has 1 fully saturated rings. The van der Waals surface area contributed by atoms with E-state index >= 15 is 0 Å². The van der Waals surface area contributed by atoms with Gasteiger partial charge in [-0.2, -0.15) is 0 Å². The standard InChI is InChI=1S/C16H23ClN2O/c1-3-18(4-2)16(20)13-9-11-19(12-10-13)15-7-5-14(17)6-8-15/h5-8,13H,3-4,9-12H2,1-2H3. The van der Waals surface area contributed by atoms with Crippen LogP contribution in [-0.2, 0) is 4.79 Å². The highest BCUT2D eigenvalue weighted by molar-refractivity contribution is 6.30. The van der Waals surface area contributed by atoms with Gasteiger partial charge in [0.05, 0.1) is 0 Å². The molecule has 0 unspecified atom stereocenters. The molecule has 4 heteroatoms. The molecule has 0 N–H and O–H groups in total. The highest BCUT2D eigenvalue weighted by atomic mass is 35.5. The predicted molar refractivity (Wildman–Crippen MR) is 84.3 cm³/mol. The van der Waals surface area contributed by atoms with Crippen LogP contribution in [0.1, 0.15) is 26.7 Å². The number of anilines is 1. The number of nitrogens with zero attached hydrogens (tertiary/aromatic N) is 2. The topological polar surface area (TPSA) is 23.6 Å². The summed E-state index contributed by atoms with van der Waals surface area (Å²) in [6, 6.07) is 7.94. The summed E-state index contributed by atoms with van der Waals surface area (Å²) in [6.07, 6.45) is 1.88. The van der Waals surface area contributed by atoms with Crippen molar-refractivity contribution in [1.29, 1.82) is 0 Å². The van der Waals surface area contributed by atoms with E-state index in [1.54, 1.807) is 0 Å². The van der Waals surface area contributed by atoms with E-state index in [1.807, 2.05) is 30.9 Å². The lowest BCUT2D eigenvalue weighted by molar-refractivity contribution is -0.135. The van der Waals surface area contributed by atoms with E-state index in [4.69, 9.17) is 11.6 Å². The number of amides is 1. The average Bonchev–Trinajstić information content (AvgIpc) is 2.49. The monoisotopic (exact) mass is 294 g/mol. The molecule has 0 aromatic heterocycles. The minimum absolute atomic E-state index is 0.193. The summed E-state index contributed by atoms with van der Waals surface area (Å²) >= 11 is 5.91. The molecule has 0 saturated carbocycles. The van der Waals surface area contributed by atoms with Gasteiger partial charge in [-0.1, -0.05) is 11.6 Å². The summed E-state index contributed by atoms with van der Waals surface area (Å²) < 4.78 is 0. The Balaban J connectivity index is 1.92. The Morgan fingerprint density at radius 1 is 1.20 bits per heavy atom. The van der Waals surface area contributed by atoms with Crippen molar-refractivity contribution in [2.45, 2.75) is 26.7 Å². The van der Waals surface area contributed by atoms with Crippen molar-refractivity contribution >= 4 is 23.2 Å². The van der Waals surface area contributed by atoms with Gasteiger partial charge in [-0.15, -0.1) is 0 Å². The molecule has 1 aromatic carbocycles. The van der Waals surface area contributed by atoms with Crippen molar-refractivity contribution < 1.29 is 4.79 Å². The molecule has 1 aliphatic rings. The first-order valence-electron chi connectivity index (χ1n) is 7.45. The molecule has 0 atom stereocenters. The highest BCUT2D eigenvalue weighted by Gasteiger charge is 2.27. The highest BCUT2D eigenvalue weighted by Crippen LogP contribution is 2.25. The summed E-state index contributed by atoms with van der Waals surface area (Å²) in [5.41, 5.74) is 1.20. The molecule has 1 aromatic rings. The van der Waals surface area contributed by atoms with Crippen LogP contribution in [0.25, 0.3) is 0 Å². The lowest BCUT2D eigenvalue weighted by Crippen LogP contribution is -2.42. The van der Waals surface area contributed by atoms with Crippen LogP contribution < -0.4 is 4.90 Å². The fourth-order valence-electron chi connectivity index (χ4n) is 2.83. The van der Waals surface area contributed by atoms with Crippen molar-refractivity contribution in [1.82, 2.24) is 4.90 Å². The third-order valence-corrected chi connectivity index (χ3v) is 4.36. The van der Waals surface area contributed by atoms with Gasteiger partial charge in [-0.05, 0) is 51.0 Å². The molecule has 0 spiro atoms. The van der Waals surface area contributed by atoms with Gasteiger partial charge in [0.2, 0.25) is 5.91 Å². The van der Waals surface area contributed by atoms with E-state index in [1.165, 1.54) is 5.69 Å². The minimum Gasteiger partial charge on any atom is -0.371 e. The van der Waals surface area contributed by atoms with Crippen LogP contribution in [0, 0.1) is 5.92 Å². The number of hydrogen-bond acceptors (Lipinski definition) is 2. The van der Waals surface area contributed by atoms with E-state index in [0.717, 1.165) is 44.0 Å². The van der Waals surface area contributed by atoms with Crippen LogP contribution in [0.3, 0.4) is 0 Å². The maximum atomic E-state index is 12.3. The van der Waals surface area contributed by atoms with Crippen molar-refractivity contribution in [3.8, 4) is 0 Å². The second kappa shape index (κ2) is 6.98. The van der Waals surface area contributed by atoms with Crippen LogP contribution in [-0.4, -0.2) is 37.0 Å².